The van der Waals surface area contributed by atoms with Crippen molar-refractivity contribution < 1.29 is 0 Å². The van der Waals surface area contributed by atoms with Gasteiger partial charge in [0.05, 0.1) is 0 Å². The molecule has 0 spiro atoms. The molecule has 0 aliphatic heterocycles. The van der Waals surface area contributed by atoms with Crippen LogP contribution in [0, 0.1) is 0 Å². The molecule has 0 saturated heterocycles. The first-order valence-electron chi connectivity index (χ1n) is 2.31. The molecule has 0 bridgehead atoms. The molecule has 0 aromatic heterocycles. The molecule has 3 heteroatoms. The monoisotopic (exact) mass is 272 g/mol. The molecule has 2 aliphatic carbocycles. The molecule has 0 aromatic carbocycles. The highest BCUT2D eigenvalue weighted by molar-refractivity contribution is 14.1. The van der Waals surface area contributed by atoms with E-state index in [9.17, 15) is 0 Å². The van der Waals surface area contributed by atoms with Gasteiger partial charge in [0, 0.05) is 26.5 Å². The van der Waals surface area contributed by atoms with Crippen LogP contribution in [0.15, 0.2) is 18.2 Å². The number of hydrogen-bond donors (Lipinski definition) is 0. The number of fused-ring (bicyclic) bond motifs is 1. The molecule has 0 radical (unpaired) electrons. The Balaban J connectivity index is 0.000000186. The lowest BCUT2D eigenvalue weighted by Crippen LogP contribution is -1.38. The topological polar surface area (TPSA) is 0 Å². The van der Waals surface area contributed by atoms with Crippen molar-refractivity contribution >= 4 is 42.0 Å². The van der Waals surface area contributed by atoms with Crippen LogP contribution in [-0.2, 0) is 0 Å². The first-order valence-corrected chi connectivity index (χ1v) is 5.42. The summed E-state index contributed by atoms with van der Waals surface area (Å²) in [5.41, 5.74) is 2.62. The van der Waals surface area contributed by atoms with Gasteiger partial charge in [-0.05, 0) is 38.2 Å². The maximum atomic E-state index is 5.58. The van der Waals surface area contributed by atoms with E-state index in [1.54, 1.807) is 21.5 Å². The summed E-state index contributed by atoms with van der Waals surface area (Å²) in [6, 6.07) is 6.04. The van der Waals surface area contributed by atoms with E-state index in [0.29, 0.717) is 0 Å². The van der Waals surface area contributed by atoms with E-state index in [4.69, 9.17) is 11.6 Å². The van der Waals surface area contributed by atoms with Gasteiger partial charge in [0.2, 0.25) is 0 Å². The third-order valence-electron chi connectivity index (χ3n) is 1.15. The van der Waals surface area contributed by atoms with Crippen LogP contribution in [0.1, 0.15) is 0 Å². The lowest BCUT2D eigenvalue weighted by Gasteiger charge is -1.66. The number of halogens is 3. The van der Waals surface area contributed by atoms with Gasteiger partial charge in [-0.3, -0.25) is 0 Å². The SMILES string of the molecule is ClI.Clc1cc2cc-2c1. The smallest absolute Gasteiger partial charge is 0.0425 e. The van der Waals surface area contributed by atoms with Crippen molar-refractivity contribution in [3.05, 3.63) is 23.2 Å². The molecule has 0 fully saturated rings. The average Bonchev–Trinajstić information content (AvgIpc) is 2.46. The first kappa shape index (κ1) is 7.63. The summed E-state index contributed by atoms with van der Waals surface area (Å²) in [4.78, 5) is 0. The van der Waals surface area contributed by atoms with Crippen LogP contribution in [0.3, 0.4) is 0 Å². The minimum Gasteiger partial charge on any atom is -0.0843 e. The summed E-state index contributed by atoms with van der Waals surface area (Å²) >= 11 is 7.20. The molecule has 2 aliphatic rings. The molecule has 9 heavy (non-hydrogen) atoms. The maximum absolute atomic E-state index is 5.58. The molecular formula is C6H3Cl2I. The Hall–Kier alpha value is 0.530. The Labute approximate surface area is 76.0 Å². The molecule has 0 nitrogen and oxygen atoms in total. The molecular weight excluding hydrogens is 270 g/mol. The summed E-state index contributed by atoms with van der Waals surface area (Å²) < 4.78 is 0. The zero-order valence-corrected chi connectivity index (χ0v) is 8.04. The fourth-order valence-corrected chi connectivity index (χ4v) is 0.955. The van der Waals surface area contributed by atoms with Crippen molar-refractivity contribution in [3.8, 4) is 11.1 Å². The van der Waals surface area contributed by atoms with Crippen molar-refractivity contribution in [1.82, 2.24) is 0 Å². The number of hydrogen-bond acceptors (Lipinski definition) is 0. The highest BCUT2D eigenvalue weighted by Gasteiger charge is 2.11. The molecule has 0 saturated carbocycles. The average molecular weight is 273 g/mol. The lowest BCUT2D eigenvalue weighted by molar-refractivity contribution is 1.99. The minimum atomic E-state index is 0.868. The standard InChI is InChI=1S/C6H3Cl.ClI/c7-6-2-4-1-5(4)3-6;1-2/h1-3H;. The van der Waals surface area contributed by atoms with Gasteiger partial charge in [0.25, 0.3) is 0 Å². The lowest BCUT2D eigenvalue weighted by atomic mass is 10.6. The van der Waals surface area contributed by atoms with Gasteiger partial charge >= 0.3 is 0 Å². The predicted molar refractivity (Wildman–Crippen MR) is 50.3 cm³/mol. The Bertz CT molecular complexity index is 202. The van der Waals surface area contributed by atoms with Gasteiger partial charge < -0.3 is 0 Å². The van der Waals surface area contributed by atoms with Crippen molar-refractivity contribution in [2.75, 3.05) is 0 Å². The Morgan fingerprint density at radius 2 is 1.44 bits per heavy atom. The molecule has 0 atom stereocenters. The Morgan fingerprint density at radius 1 is 1.00 bits per heavy atom. The van der Waals surface area contributed by atoms with Gasteiger partial charge in [0.1, 0.15) is 0 Å². The van der Waals surface area contributed by atoms with Crippen molar-refractivity contribution in [2.24, 2.45) is 0 Å². The highest BCUT2D eigenvalue weighted by atomic mass is 127. The second-order valence-electron chi connectivity index (χ2n) is 1.73. The summed E-state index contributed by atoms with van der Waals surface area (Å²) in [5, 5.41) is 0.868. The Kier molecular flexibility index (Phi) is 2.61. The quantitative estimate of drug-likeness (QED) is 0.638. The molecule has 0 N–H and O–H groups in total. The van der Waals surface area contributed by atoms with Crippen LogP contribution in [0.4, 0.5) is 0 Å². The zero-order valence-electron chi connectivity index (χ0n) is 4.37. The normalized spacial score (nSPS) is 9.67. The highest BCUT2D eigenvalue weighted by Crippen LogP contribution is 2.37. The second-order valence-corrected chi connectivity index (χ2v) is 2.17. The summed E-state index contributed by atoms with van der Waals surface area (Å²) in [6.07, 6.45) is 0. The van der Waals surface area contributed by atoms with Gasteiger partial charge in [-0.15, -0.1) is 0 Å². The largest absolute Gasteiger partial charge is 0.0843 e. The molecule has 0 aromatic rings. The number of benzene rings is 1. The van der Waals surface area contributed by atoms with Crippen LogP contribution in [0.25, 0.3) is 11.1 Å². The predicted octanol–water partition coefficient (Wildman–Crippen LogP) is 3.90. The van der Waals surface area contributed by atoms with E-state index < -0.39 is 0 Å². The molecule has 2 rings (SSSR count). The van der Waals surface area contributed by atoms with Crippen LogP contribution in [-0.4, -0.2) is 0 Å². The molecule has 0 unspecified atom stereocenters. The summed E-state index contributed by atoms with van der Waals surface area (Å²) in [5.74, 6) is 0. The van der Waals surface area contributed by atoms with E-state index in [1.807, 2.05) is 12.1 Å². The summed E-state index contributed by atoms with van der Waals surface area (Å²) in [7, 11) is 4.61. The van der Waals surface area contributed by atoms with E-state index in [2.05, 4.69) is 15.0 Å². The third kappa shape index (κ3) is 1.72. The van der Waals surface area contributed by atoms with Crippen LogP contribution in [0.2, 0.25) is 5.02 Å². The fourth-order valence-electron chi connectivity index (χ4n) is 0.720. The van der Waals surface area contributed by atoms with Crippen molar-refractivity contribution in [1.29, 1.82) is 0 Å². The maximum Gasteiger partial charge on any atom is 0.0425 e. The first-order chi connectivity index (χ1) is 4.36. The Morgan fingerprint density at radius 3 is 1.67 bits per heavy atom. The molecule has 0 heterocycles. The van der Waals surface area contributed by atoms with E-state index in [-0.39, 0.29) is 0 Å². The van der Waals surface area contributed by atoms with Crippen molar-refractivity contribution in [3.63, 3.8) is 0 Å². The fraction of sp³-hybridized carbons (Fsp3) is 0. The summed E-state index contributed by atoms with van der Waals surface area (Å²) in [6.45, 7) is 0. The third-order valence-corrected chi connectivity index (χ3v) is 1.37. The number of rotatable bonds is 0. The van der Waals surface area contributed by atoms with Gasteiger partial charge in [-0.25, -0.2) is 0 Å². The van der Waals surface area contributed by atoms with E-state index >= 15 is 0 Å². The molecule has 0 amide bonds. The second kappa shape index (κ2) is 3.08. The van der Waals surface area contributed by atoms with Crippen LogP contribution < -0.4 is 0 Å². The van der Waals surface area contributed by atoms with E-state index in [0.717, 1.165) is 5.02 Å². The van der Waals surface area contributed by atoms with Crippen molar-refractivity contribution in [2.45, 2.75) is 0 Å². The minimum absolute atomic E-state index is 0.868. The van der Waals surface area contributed by atoms with Gasteiger partial charge in [-0.2, -0.15) is 0 Å². The van der Waals surface area contributed by atoms with E-state index in [1.165, 1.54) is 11.1 Å². The molecule has 48 valence electrons. The zero-order chi connectivity index (χ0) is 6.85. The van der Waals surface area contributed by atoms with Crippen LogP contribution >= 0.6 is 42.0 Å². The van der Waals surface area contributed by atoms with Gasteiger partial charge in [0.15, 0.2) is 0 Å². The van der Waals surface area contributed by atoms with Gasteiger partial charge in [-0.1, -0.05) is 11.6 Å². The van der Waals surface area contributed by atoms with Crippen LogP contribution in [0.5, 0.6) is 0 Å².